The lowest BCUT2D eigenvalue weighted by molar-refractivity contribution is -0.155. The van der Waals surface area contributed by atoms with E-state index in [1.807, 2.05) is 0 Å². The van der Waals surface area contributed by atoms with Crippen molar-refractivity contribution in [2.45, 2.75) is 111 Å². The Morgan fingerprint density at radius 2 is 1.02 bits per heavy atom. The molecule has 0 bridgehead atoms. The predicted molar refractivity (Wildman–Crippen MR) is 158 cm³/mol. The standard InChI is InChI=1S/C27H42N6O12/c1-7-10-28-20(37)29(22(39)30(21(28)38)12-9-19(36)45-26(2,3)4)11-8-18(35)44-16-14-32-23(40)31(13-15-34)24(41)33(25(32)42)17-27(5,6)43/h34,43H,7-17H2,1-6H3. The minimum atomic E-state index is -1.50. The van der Waals surface area contributed by atoms with Crippen molar-refractivity contribution in [1.82, 2.24) is 27.4 Å². The van der Waals surface area contributed by atoms with Crippen molar-refractivity contribution in [3.05, 3.63) is 62.9 Å². The molecule has 0 aliphatic carbocycles. The minimum Gasteiger partial charge on any atom is -0.464 e. The molecule has 0 unspecified atom stereocenters. The summed E-state index contributed by atoms with van der Waals surface area (Å²) in [6, 6.07) is 0. The van der Waals surface area contributed by atoms with Gasteiger partial charge in [-0.2, -0.15) is 0 Å². The number of aliphatic hydroxyl groups is 2. The van der Waals surface area contributed by atoms with Crippen LogP contribution < -0.4 is 34.1 Å². The molecule has 2 aromatic rings. The van der Waals surface area contributed by atoms with Gasteiger partial charge in [-0.05, 0) is 41.0 Å². The Kier molecular flexibility index (Phi) is 12.4. The zero-order valence-electron chi connectivity index (χ0n) is 26.4. The van der Waals surface area contributed by atoms with Gasteiger partial charge >= 0.3 is 46.1 Å². The van der Waals surface area contributed by atoms with E-state index >= 15 is 0 Å². The highest BCUT2D eigenvalue weighted by Crippen LogP contribution is 2.08. The first kappa shape index (κ1) is 36.9. The van der Waals surface area contributed by atoms with Gasteiger partial charge in [0.1, 0.15) is 12.2 Å². The molecule has 0 aliphatic rings. The van der Waals surface area contributed by atoms with Crippen LogP contribution in [0.3, 0.4) is 0 Å². The molecule has 0 saturated heterocycles. The molecule has 45 heavy (non-hydrogen) atoms. The van der Waals surface area contributed by atoms with Crippen LogP contribution in [0, 0.1) is 0 Å². The molecule has 0 spiro atoms. The second-order valence-electron chi connectivity index (χ2n) is 11.9. The molecule has 18 nitrogen and oxygen atoms in total. The van der Waals surface area contributed by atoms with Gasteiger partial charge in [0.15, 0.2) is 0 Å². The highest BCUT2D eigenvalue weighted by molar-refractivity contribution is 5.69. The van der Waals surface area contributed by atoms with E-state index in [1.165, 1.54) is 13.8 Å². The molecule has 2 aromatic heterocycles. The van der Waals surface area contributed by atoms with Gasteiger partial charge in [-0.1, -0.05) is 6.92 Å². The molecule has 0 atom stereocenters. The molecular formula is C27H42N6O12. The lowest BCUT2D eigenvalue weighted by Crippen LogP contribution is -2.56. The first-order chi connectivity index (χ1) is 20.8. The van der Waals surface area contributed by atoms with Crippen molar-refractivity contribution in [2.75, 3.05) is 13.2 Å². The van der Waals surface area contributed by atoms with Crippen LogP contribution in [0.25, 0.3) is 0 Å². The fraction of sp³-hybridized carbons (Fsp3) is 0.704. The molecule has 0 aromatic carbocycles. The van der Waals surface area contributed by atoms with Crippen LogP contribution in [0.2, 0.25) is 0 Å². The van der Waals surface area contributed by atoms with Gasteiger partial charge in [0.2, 0.25) is 0 Å². The average Bonchev–Trinajstić information content (AvgIpc) is 2.91. The summed E-state index contributed by atoms with van der Waals surface area (Å²) in [6.45, 7) is 6.06. The number of aromatic nitrogens is 6. The van der Waals surface area contributed by atoms with Crippen LogP contribution in [0.4, 0.5) is 0 Å². The number of aliphatic hydroxyl groups excluding tert-OH is 1. The van der Waals surface area contributed by atoms with Crippen LogP contribution in [0.15, 0.2) is 28.8 Å². The van der Waals surface area contributed by atoms with E-state index in [-0.39, 0.29) is 19.5 Å². The van der Waals surface area contributed by atoms with Gasteiger partial charge in [0.25, 0.3) is 0 Å². The highest BCUT2D eigenvalue weighted by Gasteiger charge is 2.22. The second-order valence-corrected chi connectivity index (χ2v) is 11.9. The number of rotatable bonds is 15. The maximum atomic E-state index is 13.1. The summed E-state index contributed by atoms with van der Waals surface area (Å²) < 4.78 is 14.4. The van der Waals surface area contributed by atoms with Crippen molar-refractivity contribution in [1.29, 1.82) is 0 Å². The maximum absolute atomic E-state index is 13.1. The molecule has 0 amide bonds. The molecule has 0 aliphatic heterocycles. The van der Waals surface area contributed by atoms with E-state index in [4.69, 9.17) is 9.47 Å². The van der Waals surface area contributed by atoms with E-state index in [1.54, 1.807) is 27.7 Å². The van der Waals surface area contributed by atoms with Crippen molar-refractivity contribution < 1.29 is 29.3 Å². The van der Waals surface area contributed by atoms with E-state index in [0.29, 0.717) is 24.7 Å². The minimum absolute atomic E-state index is 0.0208. The number of esters is 2. The summed E-state index contributed by atoms with van der Waals surface area (Å²) >= 11 is 0. The molecule has 2 rings (SSSR count). The van der Waals surface area contributed by atoms with E-state index < -0.39 is 103 Å². The van der Waals surface area contributed by atoms with Crippen LogP contribution in [0.5, 0.6) is 0 Å². The van der Waals surface area contributed by atoms with Gasteiger partial charge in [-0.3, -0.25) is 9.59 Å². The number of carbonyl (C=O) groups excluding carboxylic acids is 2. The van der Waals surface area contributed by atoms with Gasteiger partial charge in [0.05, 0.1) is 44.7 Å². The Labute approximate surface area is 256 Å². The summed E-state index contributed by atoms with van der Waals surface area (Å²) in [7, 11) is 0. The summed E-state index contributed by atoms with van der Waals surface area (Å²) in [6.07, 6.45) is -0.446. The Hall–Kier alpha value is -4.32. The van der Waals surface area contributed by atoms with Crippen LogP contribution >= 0.6 is 0 Å². The summed E-state index contributed by atoms with van der Waals surface area (Å²) in [5, 5.41) is 19.4. The van der Waals surface area contributed by atoms with Gasteiger partial charge in [-0.15, -0.1) is 0 Å². The molecule has 252 valence electrons. The van der Waals surface area contributed by atoms with Crippen molar-refractivity contribution in [3.63, 3.8) is 0 Å². The molecule has 0 saturated carbocycles. The van der Waals surface area contributed by atoms with Gasteiger partial charge in [-0.25, -0.2) is 56.2 Å². The number of hydrogen-bond acceptors (Lipinski definition) is 12. The summed E-state index contributed by atoms with van der Waals surface area (Å²) in [5.41, 5.74) is -8.31. The van der Waals surface area contributed by atoms with Crippen LogP contribution in [0.1, 0.15) is 60.8 Å². The van der Waals surface area contributed by atoms with Gasteiger partial charge < -0.3 is 19.7 Å². The largest absolute Gasteiger partial charge is 0.464 e. The molecule has 0 radical (unpaired) electrons. The Balaban J connectivity index is 2.25. The lowest BCUT2D eigenvalue weighted by atomic mass is 10.1. The summed E-state index contributed by atoms with van der Waals surface area (Å²) in [4.78, 5) is 102. The van der Waals surface area contributed by atoms with Crippen molar-refractivity contribution in [2.24, 2.45) is 0 Å². The van der Waals surface area contributed by atoms with E-state index in [0.717, 1.165) is 9.13 Å². The third-order valence-electron chi connectivity index (χ3n) is 6.16. The zero-order chi connectivity index (χ0) is 34.3. The fourth-order valence-corrected chi connectivity index (χ4v) is 4.29. The first-order valence-electron chi connectivity index (χ1n) is 14.4. The SMILES string of the molecule is CCCn1c(=O)n(CCC(=O)OCCn2c(=O)n(CCO)c(=O)n(CC(C)(C)O)c2=O)c(=O)n(CCC(=O)OC(C)(C)C)c1=O. The van der Waals surface area contributed by atoms with Gasteiger partial charge in [0, 0.05) is 19.6 Å². The number of nitrogens with zero attached hydrogens (tertiary/aromatic N) is 6. The molecule has 2 N–H and O–H groups in total. The monoisotopic (exact) mass is 642 g/mol. The van der Waals surface area contributed by atoms with Crippen molar-refractivity contribution >= 4 is 11.9 Å². The number of carbonyl (C=O) groups is 2. The molecule has 18 heteroatoms. The number of ether oxygens (including phenoxy) is 2. The Morgan fingerprint density at radius 3 is 1.44 bits per heavy atom. The summed E-state index contributed by atoms with van der Waals surface area (Å²) in [5.74, 6) is -1.57. The van der Waals surface area contributed by atoms with Crippen LogP contribution in [-0.4, -0.2) is 74.0 Å². The van der Waals surface area contributed by atoms with E-state index in [2.05, 4.69) is 0 Å². The zero-order valence-corrected chi connectivity index (χ0v) is 26.4. The third kappa shape index (κ3) is 9.84. The third-order valence-corrected chi connectivity index (χ3v) is 6.16. The number of hydrogen-bond donors (Lipinski definition) is 2. The first-order valence-corrected chi connectivity index (χ1v) is 14.4. The predicted octanol–water partition coefficient (Wildman–Crippen LogP) is -2.80. The molecule has 2 heterocycles. The van der Waals surface area contributed by atoms with E-state index in [9.17, 15) is 48.6 Å². The second kappa shape index (κ2) is 15.1. The van der Waals surface area contributed by atoms with Crippen LogP contribution in [-0.2, 0) is 58.3 Å². The normalized spacial score (nSPS) is 11.9. The quantitative estimate of drug-likeness (QED) is 0.188. The lowest BCUT2D eigenvalue weighted by Gasteiger charge is -2.20. The highest BCUT2D eigenvalue weighted by atomic mass is 16.6. The Morgan fingerprint density at radius 1 is 0.622 bits per heavy atom. The topological polar surface area (TPSA) is 225 Å². The van der Waals surface area contributed by atoms with Crippen molar-refractivity contribution in [3.8, 4) is 0 Å². The molecule has 0 fully saturated rings. The fourth-order valence-electron chi connectivity index (χ4n) is 4.29. The molecular weight excluding hydrogens is 600 g/mol. The average molecular weight is 643 g/mol. The Bertz CT molecular complexity index is 1740. The smallest absolute Gasteiger partial charge is 0.336 e. The maximum Gasteiger partial charge on any atom is 0.336 e.